The summed E-state index contributed by atoms with van der Waals surface area (Å²) < 4.78 is 7.69. The minimum Gasteiger partial charge on any atom is -0.497 e. The van der Waals surface area contributed by atoms with Crippen molar-refractivity contribution in [3.05, 3.63) is 108 Å². The van der Waals surface area contributed by atoms with Gasteiger partial charge < -0.3 is 24.8 Å². The number of nitrogens with zero attached hydrogens (tertiary/aromatic N) is 3. The van der Waals surface area contributed by atoms with Crippen LogP contribution < -0.4 is 15.4 Å². The van der Waals surface area contributed by atoms with E-state index in [-0.39, 0.29) is 12.1 Å². The van der Waals surface area contributed by atoms with E-state index in [2.05, 4.69) is 74.5 Å². The fraction of sp³-hybridized carbons (Fsp3) is 0.241. The number of pyridine rings is 1. The maximum absolute atomic E-state index is 5.88. The second-order valence-corrected chi connectivity index (χ2v) is 9.29. The summed E-state index contributed by atoms with van der Waals surface area (Å²) in [5.74, 6) is 0.840. The van der Waals surface area contributed by atoms with Gasteiger partial charge in [-0.2, -0.15) is 0 Å². The molecule has 1 aliphatic heterocycles. The first-order chi connectivity index (χ1) is 17.7. The maximum Gasteiger partial charge on any atom is 0.170 e. The topological polar surface area (TPSA) is 54.4 Å². The van der Waals surface area contributed by atoms with E-state index in [1.807, 2.05) is 48.7 Å². The van der Waals surface area contributed by atoms with E-state index in [0.29, 0.717) is 0 Å². The first-order valence-electron chi connectivity index (χ1n) is 12.3. The molecule has 0 amide bonds. The monoisotopic (exact) mass is 497 g/mol. The zero-order valence-electron chi connectivity index (χ0n) is 20.6. The highest BCUT2D eigenvalue weighted by Gasteiger charge is 2.41. The number of anilines is 1. The quantitative estimate of drug-likeness (QED) is 0.230. The van der Waals surface area contributed by atoms with Crippen LogP contribution in [-0.2, 0) is 0 Å². The highest BCUT2D eigenvalue weighted by molar-refractivity contribution is 7.80. The van der Waals surface area contributed by atoms with Gasteiger partial charge in [-0.05, 0) is 86.2 Å². The van der Waals surface area contributed by atoms with Gasteiger partial charge in [-0.1, -0.05) is 24.3 Å². The van der Waals surface area contributed by atoms with Crippen LogP contribution in [0.2, 0.25) is 0 Å². The van der Waals surface area contributed by atoms with E-state index in [1.54, 1.807) is 7.11 Å². The third kappa shape index (κ3) is 4.93. The van der Waals surface area contributed by atoms with Crippen molar-refractivity contribution in [2.75, 3.05) is 25.5 Å². The summed E-state index contributed by atoms with van der Waals surface area (Å²) in [5, 5.41) is 7.85. The van der Waals surface area contributed by atoms with Gasteiger partial charge in [-0.15, -0.1) is 0 Å². The first kappa shape index (κ1) is 23.9. The number of para-hydroxylation sites is 1. The number of ether oxygens (including phenoxy) is 1. The molecule has 6 nitrogen and oxygen atoms in total. The zero-order chi connectivity index (χ0) is 24.9. The molecule has 184 valence electrons. The summed E-state index contributed by atoms with van der Waals surface area (Å²) >= 11 is 5.88. The zero-order valence-corrected chi connectivity index (χ0v) is 21.4. The molecule has 0 spiro atoms. The Morgan fingerprint density at radius 1 is 0.972 bits per heavy atom. The molecule has 5 rings (SSSR count). The van der Waals surface area contributed by atoms with Crippen molar-refractivity contribution in [3.8, 4) is 11.4 Å². The Labute approximate surface area is 217 Å². The predicted octanol–water partition coefficient (Wildman–Crippen LogP) is 5.66. The highest BCUT2D eigenvalue weighted by atomic mass is 32.1. The number of hydrogen-bond donors (Lipinski definition) is 2. The minimum atomic E-state index is -0.0490. The lowest BCUT2D eigenvalue weighted by Crippen LogP contribution is -2.32. The second-order valence-electron chi connectivity index (χ2n) is 8.90. The molecule has 0 radical (unpaired) electrons. The van der Waals surface area contributed by atoms with Gasteiger partial charge in [0.2, 0.25) is 0 Å². The van der Waals surface area contributed by atoms with Crippen LogP contribution in [-0.4, -0.2) is 39.8 Å². The van der Waals surface area contributed by atoms with Crippen molar-refractivity contribution in [1.82, 2.24) is 19.8 Å². The fourth-order valence-electron chi connectivity index (χ4n) is 4.88. The van der Waals surface area contributed by atoms with Gasteiger partial charge in [-0.3, -0.25) is 4.98 Å². The van der Waals surface area contributed by atoms with E-state index in [0.717, 1.165) is 47.4 Å². The molecule has 7 heteroatoms. The number of thiocarbonyl (C=S) groups is 1. The molecule has 36 heavy (non-hydrogen) atoms. The highest BCUT2D eigenvalue weighted by Crippen LogP contribution is 2.40. The Balaban J connectivity index is 1.45. The summed E-state index contributed by atoms with van der Waals surface area (Å²) in [5.41, 5.74) is 5.55. The van der Waals surface area contributed by atoms with Gasteiger partial charge in [0.15, 0.2) is 5.11 Å². The Kier molecular flexibility index (Phi) is 7.18. The Morgan fingerprint density at radius 2 is 1.75 bits per heavy atom. The summed E-state index contributed by atoms with van der Waals surface area (Å²) in [6.45, 7) is 3.83. The number of aryl methyl sites for hydroxylation is 1. The van der Waals surface area contributed by atoms with Crippen LogP contribution in [0.25, 0.3) is 5.69 Å². The van der Waals surface area contributed by atoms with E-state index in [1.165, 1.54) is 11.4 Å². The molecule has 0 unspecified atom stereocenters. The molecule has 0 saturated carbocycles. The van der Waals surface area contributed by atoms with E-state index in [4.69, 9.17) is 17.0 Å². The van der Waals surface area contributed by atoms with Gasteiger partial charge in [-0.25, -0.2) is 0 Å². The molecule has 1 fully saturated rings. The van der Waals surface area contributed by atoms with Crippen molar-refractivity contribution < 1.29 is 4.74 Å². The standard InChI is InChI=1S/C29H31N5OS/c1-21-12-17-26(34(21)23-13-15-24(35-2)16-14-23)28-27(25-11-6-7-18-31-25)32-29(36)33(28)20-8-19-30-22-9-4-3-5-10-22/h3-7,9-18,27-28,30H,8,19-20H2,1-2H3,(H,32,36)/t27-,28+/m1/s1. The average molecular weight is 498 g/mol. The number of rotatable bonds is 9. The Hall–Kier alpha value is -3.84. The van der Waals surface area contributed by atoms with Crippen LogP contribution in [0.5, 0.6) is 5.75 Å². The predicted molar refractivity (Wildman–Crippen MR) is 149 cm³/mol. The maximum atomic E-state index is 5.88. The second kappa shape index (κ2) is 10.8. The van der Waals surface area contributed by atoms with Crippen LogP contribution in [0.3, 0.4) is 0 Å². The lowest BCUT2D eigenvalue weighted by Gasteiger charge is -2.29. The lowest BCUT2D eigenvalue weighted by atomic mass is 10.0. The summed E-state index contributed by atoms with van der Waals surface area (Å²) in [6, 6.07) is 28.9. The van der Waals surface area contributed by atoms with Crippen LogP contribution >= 0.6 is 12.2 Å². The van der Waals surface area contributed by atoms with Crippen LogP contribution in [0, 0.1) is 6.92 Å². The Bertz CT molecular complexity index is 1290. The molecule has 0 aliphatic carbocycles. The molecule has 3 heterocycles. The number of hydrogen-bond acceptors (Lipinski definition) is 4. The van der Waals surface area contributed by atoms with Gasteiger partial charge >= 0.3 is 0 Å². The van der Waals surface area contributed by atoms with Gasteiger partial charge in [0.1, 0.15) is 5.75 Å². The van der Waals surface area contributed by atoms with Gasteiger partial charge in [0.25, 0.3) is 0 Å². The molecule has 0 bridgehead atoms. The van der Waals surface area contributed by atoms with Crippen LogP contribution in [0.1, 0.15) is 35.6 Å². The van der Waals surface area contributed by atoms with Crippen molar-refractivity contribution in [1.29, 1.82) is 0 Å². The molecule has 1 aliphatic rings. The lowest BCUT2D eigenvalue weighted by molar-refractivity contribution is 0.307. The number of methoxy groups -OCH3 is 1. The molecule has 2 atom stereocenters. The molecular weight excluding hydrogens is 466 g/mol. The van der Waals surface area contributed by atoms with Gasteiger partial charge in [0, 0.05) is 42.0 Å². The molecule has 1 saturated heterocycles. The van der Waals surface area contributed by atoms with Gasteiger partial charge in [0.05, 0.1) is 24.9 Å². The molecular formula is C29H31N5OS. The van der Waals surface area contributed by atoms with Crippen LogP contribution in [0.4, 0.5) is 5.69 Å². The largest absolute Gasteiger partial charge is 0.497 e. The number of aromatic nitrogens is 2. The third-order valence-electron chi connectivity index (χ3n) is 6.62. The van der Waals surface area contributed by atoms with E-state index < -0.39 is 0 Å². The summed E-state index contributed by atoms with van der Waals surface area (Å²) in [7, 11) is 1.69. The number of benzene rings is 2. The molecule has 2 aromatic carbocycles. The fourth-order valence-corrected chi connectivity index (χ4v) is 5.21. The first-order valence-corrected chi connectivity index (χ1v) is 12.7. The smallest absolute Gasteiger partial charge is 0.170 e. The minimum absolute atomic E-state index is 0.0000676. The Morgan fingerprint density at radius 3 is 2.47 bits per heavy atom. The van der Waals surface area contributed by atoms with Crippen molar-refractivity contribution in [3.63, 3.8) is 0 Å². The van der Waals surface area contributed by atoms with Crippen molar-refractivity contribution >= 4 is 23.0 Å². The molecule has 2 aromatic heterocycles. The van der Waals surface area contributed by atoms with E-state index >= 15 is 0 Å². The van der Waals surface area contributed by atoms with Crippen molar-refractivity contribution in [2.24, 2.45) is 0 Å². The number of nitrogens with one attached hydrogen (secondary N) is 2. The SMILES string of the molecule is COc1ccc(-n2c(C)ccc2[C@H]2[C@@H](c3ccccn3)NC(=S)N2CCCNc2ccccc2)cc1. The summed E-state index contributed by atoms with van der Waals surface area (Å²) in [6.07, 6.45) is 2.79. The van der Waals surface area contributed by atoms with Crippen molar-refractivity contribution in [2.45, 2.75) is 25.4 Å². The summed E-state index contributed by atoms with van der Waals surface area (Å²) in [4.78, 5) is 7.00. The molecule has 2 N–H and O–H groups in total. The average Bonchev–Trinajstić information content (AvgIpc) is 3.46. The van der Waals surface area contributed by atoms with Crippen LogP contribution in [0.15, 0.2) is 91.1 Å². The third-order valence-corrected chi connectivity index (χ3v) is 6.97. The normalized spacial score (nSPS) is 17.2. The van der Waals surface area contributed by atoms with E-state index in [9.17, 15) is 0 Å². The molecule has 4 aromatic rings.